The van der Waals surface area contributed by atoms with Gasteiger partial charge in [0.2, 0.25) is 5.91 Å². The number of rotatable bonds is 5. The zero-order valence-electron chi connectivity index (χ0n) is 10.8. The van der Waals surface area contributed by atoms with Crippen LogP contribution in [0.15, 0.2) is 22.8 Å². The molecule has 0 saturated carbocycles. The summed E-state index contributed by atoms with van der Waals surface area (Å²) in [6.07, 6.45) is 3.41. The second-order valence-electron chi connectivity index (χ2n) is 4.57. The van der Waals surface area contributed by atoms with Gasteiger partial charge in [-0.3, -0.25) is 9.59 Å². The molecule has 104 valence electrons. The fourth-order valence-corrected chi connectivity index (χ4v) is 2.08. The van der Waals surface area contributed by atoms with Crippen LogP contribution in [0.25, 0.3) is 0 Å². The molecule has 6 nitrogen and oxygen atoms in total. The van der Waals surface area contributed by atoms with Gasteiger partial charge in [0.25, 0.3) is 5.91 Å². The lowest BCUT2D eigenvalue weighted by Crippen LogP contribution is -2.42. The molecule has 0 aromatic carbocycles. The van der Waals surface area contributed by atoms with E-state index in [1.807, 2.05) is 0 Å². The molecule has 2 heterocycles. The predicted octanol–water partition coefficient (Wildman–Crippen LogP) is 0.125. The van der Waals surface area contributed by atoms with E-state index in [-0.39, 0.29) is 23.5 Å². The summed E-state index contributed by atoms with van der Waals surface area (Å²) < 4.78 is 4.96. The lowest BCUT2D eigenvalue weighted by Gasteiger charge is -2.21. The van der Waals surface area contributed by atoms with E-state index in [0.717, 1.165) is 25.9 Å². The van der Waals surface area contributed by atoms with Crippen molar-refractivity contribution >= 4 is 11.8 Å². The molecule has 1 saturated heterocycles. The quantitative estimate of drug-likeness (QED) is 0.661. The van der Waals surface area contributed by atoms with Gasteiger partial charge in [0, 0.05) is 19.6 Å². The molecule has 1 aromatic heterocycles. The number of amides is 2. The normalized spacial score (nSPS) is 18.8. The van der Waals surface area contributed by atoms with Crippen LogP contribution in [0.4, 0.5) is 0 Å². The van der Waals surface area contributed by atoms with Gasteiger partial charge in [0.05, 0.1) is 12.2 Å². The number of furan rings is 1. The van der Waals surface area contributed by atoms with Gasteiger partial charge in [-0.1, -0.05) is 0 Å². The Labute approximate surface area is 111 Å². The summed E-state index contributed by atoms with van der Waals surface area (Å²) in [5, 5.41) is 8.71. The Bertz CT molecular complexity index is 411. The van der Waals surface area contributed by atoms with E-state index in [9.17, 15) is 9.59 Å². The van der Waals surface area contributed by atoms with Gasteiger partial charge in [0.1, 0.15) is 0 Å². The van der Waals surface area contributed by atoms with Crippen molar-refractivity contribution in [3.8, 4) is 0 Å². The highest BCUT2D eigenvalue weighted by Gasteiger charge is 2.20. The number of hydrogen-bond acceptors (Lipinski definition) is 4. The first-order valence-electron chi connectivity index (χ1n) is 6.57. The number of nitrogens with one attached hydrogen (secondary N) is 3. The number of carbonyl (C=O) groups is 2. The molecule has 1 unspecified atom stereocenters. The largest absolute Gasteiger partial charge is 0.459 e. The van der Waals surface area contributed by atoms with Crippen molar-refractivity contribution in [3.63, 3.8) is 0 Å². The zero-order valence-corrected chi connectivity index (χ0v) is 10.8. The van der Waals surface area contributed by atoms with Crippen LogP contribution < -0.4 is 16.0 Å². The van der Waals surface area contributed by atoms with Crippen molar-refractivity contribution in [2.24, 2.45) is 5.92 Å². The van der Waals surface area contributed by atoms with Crippen molar-refractivity contribution < 1.29 is 14.0 Å². The van der Waals surface area contributed by atoms with E-state index in [1.165, 1.54) is 6.26 Å². The number of hydrogen-bond donors (Lipinski definition) is 3. The lowest BCUT2D eigenvalue weighted by molar-refractivity contribution is -0.125. The van der Waals surface area contributed by atoms with Crippen LogP contribution in [0.3, 0.4) is 0 Å². The maximum Gasteiger partial charge on any atom is 0.287 e. The van der Waals surface area contributed by atoms with Crippen LogP contribution >= 0.6 is 0 Å². The highest BCUT2D eigenvalue weighted by atomic mass is 16.3. The first-order chi connectivity index (χ1) is 9.27. The molecule has 1 fully saturated rings. The minimum Gasteiger partial charge on any atom is -0.459 e. The Morgan fingerprint density at radius 2 is 2.21 bits per heavy atom. The van der Waals surface area contributed by atoms with Crippen molar-refractivity contribution in [2.45, 2.75) is 12.8 Å². The molecule has 2 rings (SSSR count). The Morgan fingerprint density at radius 3 is 2.89 bits per heavy atom. The molecule has 0 radical (unpaired) electrons. The van der Waals surface area contributed by atoms with Crippen molar-refractivity contribution in [1.29, 1.82) is 0 Å². The Morgan fingerprint density at radius 1 is 1.37 bits per heavy atom. The van der Waals surface area contributed by atoms with E-state index in [1.54, 1.807) is 12.1 Å². The molecular formula is C13H19N3O3. The summed E-state index contributed by atoms with van der Waals surface area (Å²) in [5.74, 6) is 0.121. The number of carbonyl (C=O) groups excluding carboxylic acids is 2. The van der Waals surface area contributed by atoms with E-state index in [0.29, 0.717) is 13.1 Å². The van der Waals surface area contributed by atoms with Crippen LogP contribution in [-0.2, 0) is 4.79 Å². The molecule has 0 bridgehead atoms. The monoisotopic (exact) mass is 265 g/mol. The second kappa shape index (κ2) is 6.94. The molecule has 0 spiro atoms. The summed E-state index contributed by atoms with van der Waals surface area (Å²) >= 11 is 0. The fraction of sp³-hybridized carbons (Fsp3) is 0.538. The molecule has 6 heteroatoms. The maximum absolute atomic E-state index is 11.8. The molecule has 1 aliphatic rings. The van der Waals surface area contributed by atoms with E-state index in [2.05, 4.69) is 16.0 Å². The Hall–Kier alpha value is -1.82. The van der Waals surface area contributed by atoms with Crippen LogP contribution in [0.5, 0.6) is 0 Å². The standard InChI is InChI=1S/C13H19N3O3/c17-12(10-3-1-5-14-9-10)15-6-7-16-13(18)11-4-2-8-19-11/h2,4,8,10,14H,1,3,5-7,9H2,(H,15,17)(H,16,18). The first kappa shape index (κ1) is 13.6. The molecule has 3 N–H and O–H groups in total. The van der Waals surface area contributed by atoms with Gasteiger partial charge < -0.3 is 20.4 Å². The minimum absolute atomic E-state index is 0.0505. The highest BCUT2D eigenvalue weighted by Crippen LogP contribution is 2.09. The van der Waals surface area contributed by atoms with Crippen molar-refractivity contribution in [3.05, 3.63) is 24.2 Å². The van der Waals surface area contributed by atoms with Gasteiger partial charge in [-0.25, -0.2) is 0 Å². The molecule has 19 heavy (non-hydrogen) atoms. The van der Waals surface area contributed by atoms with Gasteiger partial charge in [0.15, 0.2) is 5.76 Å². The van der Waals surface area contributed by atoms with Gasteiger partial charge in [-0.05, 0) is 31.5 Å². The smallest absolute Gasteiger partial charge is 0.287 e. The lowest BCUT2D eigenvalue weighted by atomic mass is 9.99. The van der Waals surface area contributed by atoms with E-state index < -0.39 is 0 Å². The average molecular weight is 265 g/mol. The van der Waals surface area contributed by atoms with Gasteiger partial charge in [-0.15, -0.1) is 0 Å². The molecule has 0 aliphatic carbocycles. The van der Waals surface area contributed by atoms with Crippen LogP contribution in [0.1, 0.15) is 23.4 Å². The van der Waals surface area contributed by atoms with Crippen LogP contribution in [0.2, 0.25) is 0 Å². The minimum atomic E-state index is -0.265. The summed E-state index contributed by atoms with van der Waals surface area (Å²) in [4.78, 5) is 23.3. The molecule has 2 amide bonds. The van der Waals surface area contributed by atoms with Crippen LogP contribution in [0, 0.1) is 5.92 Å². The van der Waals surface area contributed by atoms with Crippen LogP contribution in [-0.4, -0.2) is 38.0 Å². The van der Waals surface area contributed by atoms with Crippen molar-refractivity contribution in [1.82, 2.24) is 16.0 Å². The summed E-state index contributed by atoms with van der Waals surface area (Å²) in [6.45, 7) is 2.56. The molecule has 1 aromatic rings. The van der Waals surface area contributed by atoms with E-state index in [4.69, 9.17) is 4.42 Å². The summed E-state index contributed by atoms with van der Waals surface area (Å²) in [6, 6.07) is 3.26. The molecular weight excluding hydrogens is 246 g/mol. The van der Waals surface area contributed by atoms with Gasteiger partial charge >= 0.3 is 0 Å². The third-order valence-corrected chi connectivity index (χ3v) is 3.12. The number of piperidine rings is 1. The maximum atomic E-state index is 11.8. The second-order valence-corrected chi connectivity index (χ2v) is 4.57. The molecule has 1 atom stereocenters. The third-order valence-electron chi connectivity index (χ3n) is 3.12. The predicted molar refractivity (Wildman–Crippen MR) is 69.6 cm³/mol. The SMILES string of the molecule is O=C(NCCNC(=O)C1CCCNC1)c1ccco1. The average Bonchev–Trinajstić information content (AvgIpc) is 2.98. The summed E-state index contributed by atoms with van der Waals surface area (Å²) in [5.41, 5.74) is 0. The zero-order chi connectivity index (χ0) is 13.5. The van der Waals surface area contributed by atoms with Gasteiger partial charge in [-0.2, -0.15) is 0 Å². The summed E-state index contributed by atoms with van der Waals surface area (Å²) in [7, 11) is 0. The van der Waals surface area contributed by atoms with Crippen molar-refractivity contribution in [2.75, 3.05) is 26.2 Å². The highest BCUT2D eigenvalue weighted by molar-refractivity contribution is 5.91. The Kier molecular flexibility index (Phi) is 4.97. The fourth-order valence-electron chi connectivity index (χ4n) is 2.08. The van der Waals surface area contributed by atoms with E-state index >= 15 is 0 Å². The Balaban J connectivity index is 1.61. The third kappa shape index (κ3) is 4.10. The first-order valence-corrected chi connectivity index (χ1v) is 6.57. The topological polar surface area (TPSA) is 83.4 Å². The molecule has 1 aliphatic heterocycles.